The lowest BCUT2D eigenvalue weighted by molar-refractivity contribution is -0.139. The number of Topliss-reactive ketones (excluding diaryl/α,β-unsaturated/α-hetero) is 1. The van der Waals surface area contributed by atoms with Gasteiger partial charge in [-0.15, -0.1) is 0 Å². The largest absolute Gasteiger partial charge is 0.442 e. The van der Waals surface area contributed by atoms with E-state index in [1.54, 1.807) is 40.3 Å². The zero-order valence-corrected chi connectivity index (χ0v) is 19.2. The molecule has 9 nitrogen and oxygen atoms in total. The number of carbonyl (C=O) groups excluding carboxylic acids is 3. The standard InChI is InChI=1S/C24H25F3N4O5/c25-19-12-17(31-14-18(36-24(31)34)13-28-23(33)22(26)27)6-7-20(19)29-8-9-30(35-11-10-29)15-21(32)16-4-2-1-3-5-16/h1-7,12,18,22H,8-11,13-15H2,(H,28,33)/t18-/m0/s1. The number of halogens is 3. The van der Waals surface area contributed by atoms with E-state index >= 15 is 4.39 Å². The second-order valence-corrected chi connectivity index (χ2v) is 8.27. The van der Waals surface area contributed by atoms with Crippen LogP contribution in [0.4, 0.5) is 29.3 Å². The molecule has 36 heavy (non-hydrogen) atoms. The van der Waals surface area contributed by atoms with Gasteiger partial charge in [0.25, 0.3) is 5.91 Å². The molecule has 0 bridgehead atoms. The number of alkyl halides is 2. The lowest BCUT2D eigenvalue weighted by Gasteiger charge is -2.24. The molecule has 0 aliphatic carbocycles. The average Bonchev–Trinajstić information content (AvgIpc) is 3.09. The fourth-order valence-electron chi connectivity index (χ4n) is 3.98. The zero-order valence-electron chi connectivity index (χ0n) is 19.2. The summed E-state index contributed by atoms with van der Waals surface area (Å²) in [6.07, 6.45) is -4.77. The zero-order chi connectivity index (χ0) is 25.7. The first-order valence-electron chi connectivity index (χ1n) is 11.4. The van der Waals surface area contributed by atoms with Gasteiger partial charge in [0.1, 0.15) is 11.9 Å². The molecular formula is C24H25F3N4O5. The molecule has 2 fully saturated rings. The first kappa shape index (κ1) is 25.5. The predicted molar refractivity (Wildman–Crippen MR) is 124 cm³/mol. The van der Waals surface area contributed by atoms with Crippen LogP contribution in [0.5, 0.6) is 0 Å². The minimum atomic E-state index is -3.17. The van der Waals surface area contributed by atoms with Crippen molar-refractivity contribution in [1.29, 1.82) is 0 Å². The van der Waals surface area contributed by atoms with Gasteiger partial charge in [0.2, 0.25) is 0 Å². The molecule has 0 spiro atoms. The molecule has 0 aromatic heterocycles. The number of amides is 2. The van der Waals surface area contributed by atoms with Crippen molar-refractivity contribution in [3.8, 4) is 0 Å². The second kappa shape index (κ2) is 11.4. The van der Waals surface area contributed by atoms with Gasteiger partial charge < -0.3 is 15.0 Å². The maximum atomic E-state index is 15.0. The second-order valence-electron chi connectivity index (χ2n) is 8.27. The Kier molecular flexibility index (Phi) is 8.06. The molecule has 2 saturated heterocycles. The van der Waals surface area contributed by atoms with Gasteiger partial charge in [0, 0.05) is 25.2 Å². The molecule has 2 heterocycles. The van der Waals surface area contributed by atoms with Gasteiger partial charge in [0.05, 0.1) is 37.6 Å². The molecule has 4 rings (SSSR count). The Labute approximate surface area is 205 Å². The molecule has 2 aromatic carbocycles. The van der Waals surface area contributed by atoms with Crippen LogP contribution in [-0.4, -0.2) is 81.3 Å². The van der Waals surface area contributed by atoms with Crippen molar-refractivity contribution >= 4 is 29.2 Å². The Hall–Kier alpha value is -3.64. The molecule has 0 unspecified atom stereocenters. The van der Waals surface area contributed by atoms with E-state index in [0.717, 1.165) is 0 Å². The molecule has 0 saturated carbocycles. The number of benzene rings is 2. The molecule has 2 aliphatic heterocycles. The van der Waals surface area contributed by atoms with Crippen LogP contribution in [-0.2, 0) is 14.4 Å². The van der Waals surface area contributed by atoms with Crippen molar-refractivity contribution < 1.29 is 37.1 Å². The number of rotatable bonds is 8. The van der Waals surface area contributed by atoms with E-state index in [-0.39, 0.29) is 37.7 Å². The fraction of sp³-hybridized carbons (Fsp3) is 0.375. The summed E-state index contributed by atoms with van der Waals surface area (Å²) >= 11 is 0. The van der Waals surface area contributed by atoms with E-state index in [1.165, 1.54) is 17.0 Å². The number of cyclic esters (lactones) is 1. The van der Waals surface area contributed by atoms with E-state index in [9.17, 15) is 23.2 Å². The number of hydrogen-bond acceptors (Lipinski definition) is 7. The van der Waals surface area contributed by atoms with Gasteiger partial charge in [0.15, 0.2) is 5.78 Å². The van der Waals surface area contributed by atoms with E-state index in [1.807, 2.05) is 11.4 Å². The van der Waals surface area contributed by atoms with Crippen LogP contribution in [0.15, 0.2) is 48.5 Å². The van der Waals surface area contributed by atoms with Crippen molar-refractivity contribution in [3.63, 3.8) is 0 Å². The third-order valence-electron chi connectivity index (χ3n) is 5.83. The van der Waals surface area contributed by atoms with Crippen molar-refractivity contribution in [3.05, 3.63) is 59.9 Å². The van der Waals surface area contributed by atoms with Crippen LogP contribution >= 0.6 is 0 Å². The number of hydrogen-bond donors (Lipinski definition) is 1. The summed E-state index contributed by atoms with van der Waals surface area (Å²) in [4.78, 5) is 44.3. The third kappa shape index (κ3) is 6.13. The van der Waals surface area contributed by atoms with Gasteiger partial charge in [-0.1, -0.05) is 30.3 Å². The smallest absolute Gasteiger partial charge is 0.414 e. The number of nitrogens with zero attached hydrogens (tertiary/aromatic N) is 3. The Morgan fingerprint density at radius 3 is 2.58 bits per heavy atom. The summed E-state index contributed by atoms with van der Waals surface area (Å²) in [5.41, 5.74) is 1.14. The topological polar surface area (TPSA) is 91.4 Å². The van der Waals surface area contributed by atoms with E-state index in [2.05, 4.69) is 0 Å². The van der Waals surface area contributed by atoms with Gasteiger partial charge in [-0.2, -0.15) is 13.8 Å². The summed E-state index contributed by atoms with van der Waals surface area (Å²) in [7, 11) is 0. The van der Waals surface area contributed by atoms with Crippen LogP contribution in [0, 0.1) is 5.82 Å². The maximum Gasteiger partial charge on any atom is 0.414 e. The molecule has 192 valence electrons. The SMILES string of the molecule is O=C(CN1CCN(c2ccc(N3C[C@H](CNC(=O)C(F)F)OC3=O)cc2F)CCO1)c1ccccc1. The Balaban J connectivity index is 1.34. The summed E-state index contributed by atoms with van der Waals surface area (Å²) < 4.78 is 44.8. The van der Waals surface area contributed by atoms with Gasteiger partial charge >= 0.3 is 12.5 Å². The number of carbonyl (C=O) groups is 3. The molecular weight excluding hydrogens is 481 g/mol. The molecule has 1 atom stereocenters. The summed E-state index contributed by atoms with van der Waals surface area (Å²) in [6, 6.07) is 13.2. The highest BCUT2D eigenvalue weighted by Gasteiger charge is 2.33. The molecule has 12 heteroatoms. The lowest BCUT2D eigenvalue weighted by atomic mass is 10.1. The quantitative estimate of drug-likeness (QED) is 0.550. The van der Waals surface area contributed by atoms with Crippen molar-refractivity contribution in [2.75, 3.05) is 55.7 Å². The van der Waals surface area contributed by atoms with Crippen LogP contribution in [0.2, 0.25) is 0 Å². The molecule has 2 amide bonds. The number of ketones is 1. The number of ether oxygens (including phenoxy) is 1. The summed E-state index contributed by atoms with van der Waals surface area (Å²) in [6.45, 7) is 1.22. The van der Waals surface area contributed by atoms with Crippen LogP contribution in [0.3, 0.4) is 0 Å². The van der Waals surface area contributed by atoms with E-state index in [4.69, 9.17) is 9.57 Å². The lowest BCUT2D eigenvalue weighted by Crippen LogP contribution is -2.37. The first-order chi connectivity index (χ1) is 17.3. The van der Waals surface area contributed by atoms with Gasteiger partial charge in [-0.25, -0.2) is 9.18 Å². The highest BCUT2D eigenvalue weighted by molar-refractivity contribution is 5.97. The van der Waals surface area contributed by atoms with Crippen molar-refractivity contribution in [1.82, 2.24) is 10.4 Å². The normalized spacial score (nSPS) is 18.8. The monoisotopic (exact) mass is 506 g/mol. The molecule has 2 aliphatic rings. The van der Waals surface area contributed by atoms with Gasteiger partial charge in [-0.05, 0) is 18.2 Å². The Morgan fingerprint density at radius 1 is 1.08 bits per heavy atom. The van der Waals surface area contributed by atoms with Crippen LogP contribution in [0.25, 0.3) is 0 Å². The molecule has 1 N–H and O–H groups in total. The minimum absolute atomic E-state index is 0.0247. The minimum Gasteiger partial charge on any atom is -0.442 e. The number of hydroxylamine groups is 2. The highest BCUT2D eigenvalue weighted by Crippen LogP contribution is 2.28. The maximum absolute atomic E-state index is 15.0. The first-order valence-corrected chi connectivity index (χ1v) is 11.4. The van der Waals surface area contributed by atoms with Crippen LogP contribution in [0.1, 0.15) is 10.4 Å². The van der Waals surface area contributed by atoms with Crippen molar-refractivity contribution in [2.45, 2.75) is 12.5 Å². The molecule has 2 aromatic rings. The Bertz CT molecular complexity index is 1100. The summed E-state index contributed by atoms with van der Waals surface area (Å²) in [5, 5.41) is 3.56. The molecule has 0 radical (unpaired) electrons. The number of anilines is 2. The third-order valence-corrected chi connectivity index (χ3v) is 5.83. The Morgan fingerprint density at radius 2 is 1.86 bits per heavy atom. The highest BCUT2D eigenvalue weighted by atomic mass is 19.3. The summed E-state index contributed by atoms with van der Waals surface area (Å²) in [5.74, 6) is -2.10. The van der Waals surface area contributed by atoms with Gasteiger partial charge in [-0.3, -0.25) is 19.3 Å². The van der Waals surface area contributed by atoms with E-state index in [0.29, 0.717) is 30.9 Å². The fourth-order valence-corrected chi connectivity index (χ4v) is 3.98. The average molecular weight is 506 g/mol. The predicted octanol–water partition coefficient (Wildman–Crippen LogP) is 2.47. The number of nitrogens with one attached hydrogen (secondary N) is 1. The van der Waals surface area contributed by atoms with Crippen molar-refractivity contribution in [2.24, 2.45) is 0 Å². The van der Waals surface area contributed by atoms with E-state index < -0.39 is 30.3 Å². The van der Waals surface area contributed by atoms with Crippen LogP contribution < -0.4 is 15.1 Å².